The van der Waals surface area contributed by atoms with E-state index in [0.29, 0.717) is 12.2 Å². The fraction of sp³-hybridized carbons (Fsp3) is 0.333. The van der Waals surface area contributed by atoms with Crippen LogP contribution in [0.25, 0.3) is 0 Å². The van der Waals surface area contributed by atoms with Crippen LogP contribution in [0.2, 0.25) is 0 Å². The summed E-state index contributed by atoms with van der Waals surface area (Å²) in [6.45, 7) is 0. The van der Waals surface area contributed by atoms with Crippen LogP contribution in [0, 0.1) is 0 Å². The van der Waals surface area contributed by atoms with Crippen molar-refractivity contribution in [2.45, 2.75) is 12.5 Å². The zero-order valence-electron chi connectivity index (χ0n) is 10.00. The molecule has 5 heteroatoms. The van der Waals surface area contributed by atoms with E-state index in [9.17, 15) is 0 Å². The summed E-state index contributed by atoms with van der Waals surface area (Å²) in [4.78, 5) is 8.28. The lowest BCUT2D eigenvalue weighted by molar-refractivity contribution is 0.403. The Bertz CT molecular complexity index is 495. The van der Waals surface area contributed by atoms with Gasteiger partial charge in [-0.3, -0.25) is 4.98 Å². The highest BCUT2D eigenvalue weighted by Gasteiger charge is 2.14. The van der Waals surface area contributed by atoms with Crippen molar-refractivity contribution >= 4 is 0 Å². The van der Waals surface area contributed by atoms with E-state index in [1.54, 1.807) is 25.7 Å². The average Bonchev–Trinajstić information content (AvgIpc) is 2.75. The SMILES string of the molecule is COc1cnccc1C(N)Cc1nccn1C. The van der Waals surface area contributed by atoms with Gasteiger partial charge < -0.3 is 15.0 Å². The molecule has 0 amide bonds. The molecular formula is C12H16N4O. The molecule has 0 radical (unpaired) electrons. The molecule has 1 unspecified atom stereocenters. The van der Waals surface area contributed by atoms with Crippen LogP contribution in [0.3, 0.4) is 0 Å². The summed E-state index contributed by atoms with van der Waals surface area (Å²) in [5.74, 6) is 1.67. The first kappa shape index (κ1) is 11.6. The Morgan fingerprint density at radius 1 is 1.47 bits per heavy atom. The van der Waals surface area contributed by atoms with Gasteiger partial charge in [-0.15, -0.1) is 0 Å². The van der Waals surface area contributed by atoms with E-state index >= 15 is 0 Å². The molecule has 0 saturated heterocycles. The summed E-state index contributed by atoms with van der Waals surface area (Å²) in [6.07, 6.45) is 7.74. The molecule has 0 fully saturated rings. The maximum atomic E-state index is 6.17. The fourth-order valence-corrected chi connectivity index (χ4v) is 1.77. The largest absolute Gasteiger partial charge is 0.495 e. The van der Waals surface area contributed by atoms with Crippen LogP contribution >= 0.6 is 0 Å². The maximum absolute atomic E-state index is 6.17. The molecule has 0 aliphatic carbocycles. The number of imidazole rings is 1. The lowest BCUT2D eigenvalue weighted by Crippen LogP contribution is -2.16. The van der Waals surface area contributed by atoms with Gasteiger partial charge in [0.2, 0.25) is 0 Å². The summed E-state index contributed by atoms with van der Waals surface area (Å²) in [7, 11) is 3.58. The van der Waals surface area contributed by atoms with Crippen molar-refractivity contribution in [1.29, 1.82) is 0 Å². The third kappa shape index (κ3) is 2.45. The first-order valence-electron chi connectivity index (χ1n) is 5.42. The van der Waals surface area contributed by atoms with Crippen molar-refractivity contribution in [3.05, 3.63) is 42.2 Å². The van der Waals surface area contributed by atoms with E-state index in [1.807, 2.05) is 23.9 Å². The number of nitrogens with two attached hydrogens (primary N) is 1. The van der Waals surface area contributed by atoms with Gasteiger partial charge in [0.05, 0.1) is 13.3 Å². The zero-order chi connectivity index (χ0) is 12.3. The highest BCUT2D eigenvalue weighted by atomic mass is 16.5. The van der Waals surface area contributed by atoms with Crippen LogP contribution in [0.15, 0.2) is 30.9 Å². The second-order valence-electron chi connectivity index (χ2n) is 3.88. The minimum Gasteiger partial charge on any atom is -0.495 e. The van der Waals surface area contributed by atoms with E-state index < -0.39 is 0 Å². The smallest absolute Gasteiger partial charge is 0.141 e. The first-order chi connectivity index (χ1) is 8.22. The van der Waals surface area contributed by atoms with Gasteiger partial charge in [-0.25, -0.2) is 4.98 Å². The van der Waals surface area contributed by atoms with Crippen LogP contribution in [0.4, 0.5) is 0 Å². The van der Waals surface area contributed by atoms with E-state index in [1.165, 1.54) is 0 Å². The molecule has 17 heavy (non-hydrogen) atoms. The molecule has 0 spiro atoms. The second kappa shape index (κ2) is 4.97. The molecule has 0 aliphatic heterocycles. The number of aromatic nitrogens is 3. The Morgan fingerprint density at radius 3 is 2.94 bits per heavy atom. The number of methoxy groups -OCH3 is 1. The van der Waals surface area contributed by atoms with Crippen LogP contribution in [0.1, 0.15) is 17.4 Å². The Hall–Kier alpha value is -1.88. The monoisotopic (exact) mass is 232 g/mol. The van der Waals surface area contributed by atoms with Crippen molar-refractivity contribution in [2.24, 2.45) is 12.8 Å². The highest BCUT2D eigenvalue weighted by Crippen LogP contribution is 2.24. The molecule has 0 aliphatic rings. The van der Waals surface area contributed by atoms with Gasteiger partial charge in [0.25, 0.3) is 0 Å². The summed E-state index contributed by atoms with van der Waals surface area (Å²) >= 11 is 0. The molecule has 90 valence electrons. The molecule has 1 atom stereocenters. The van der Waals surface area contributed by atoms with Crippen LogP contribution < -0.4 is 10.5 Å². The van der Waals surface area contributed by atoms with Crippen LogP contribution in [-0.4, -0.2) is 21.6 Å². The van der Waals surface area contributed by atoms with Crippen molar-refractivity contribution in [3.8, 4) is 5.75 Å². The molecule has 2 N–H and O–H groups in total. The zero-order valence-corrected chi connectivity index (χ0v) is 10.00. The molecule has 0 saturated carbocycles. The molecule has 2 aromatic rings. The van der Waals surface area contributed by atoms with Gasteiger partial charge in [-0.1, -0.05) is 0 Å². The molecular weight excluding hydrogens is 216 g/mol. The van der Waals surface area contributed by atoms with E-state index in [-0.39, 0.29) is 6.04 Å². The summed E-state index contributed by atoms with van der Waals surface area (Å²) in [6, 6.07) is 1.74. The number of hydrogen-bond acceptors (Lipinski definition) is 4. The normalized spacial score (nSPS) is 12.4. The Kier molecular flexibility index (Phi) is 3.39. The summed E-state index contributed by atoms with van der Waals surface area (Å²) in [5.41, 5.74) is 7.12. The van der Waals surface area contributed by atoms with E-state index in [4.69, 9.17) is 10.5 Å². The third-order valence-corrected chi connectivity index (χ3v) is 2.76. The van der Waals surface area contributed by atoms with Crippen LogP contribution in [0.5, 0.6) is 5.75 Å². The molecule has 0 aromatic carbocycles. The number of pyridine rings is 1. The minimum atomic E-state index is -0.144. The fourth-order valence-electron chi connectivity index (χ4n) is 1.77. The predicted molar refractivity (Wildman–Crippen MR) is 64.6 cm³/mol. The topological polar surface area (TPSA) is 66.0 Å². The van der Waals surface area contributed by atoms with E-state index in [0.717, 1.165) is 11.4 Å². The third-order valence-electron chi connectivity index (χ3n) is 2.76. The molecule has 2 aromatic heterocycles. The molecule has 2 rings (SSSR count). The summed E-state index contributed by atoms with van der Waals surface area (Å²) in [5, 5.41) is 0. The number of rotatable bonds is 4. The van der Waals surface area contributed by atoms with Crippen molar-refractivity contribution in [2.75, 3.05) is 7.11 Å². The number of nitrogens with zero attached hydrogens (tertiary/aromatic N) is 3. The lowest BCUT2D eigenvalue weighted by Gasteiger charge is -2.14. The van der Waals surface area contributed by atoms with Crippen LogP contribution in [-0.2, 0) is 13.5 Å². The van der Waals surface area contributed by atoms with Crippen molar-refractivity contribution in [3.63, 3.8) is 0 Å². The first-order valence-corrected chi connectivity index (χ1v) is 5.42. The number of hydrogen-bond donors (Lipinski definition) is 1. The van der Waals surface area contributed by atoms with Gasteiger partial charge in [0, 0.05) is 43.7 Å². The standard InChI is InChI=1S/C12H16N4O/c1-16-6-5-15-12(16)7-10(13)9-3-4-14-8-11(9)17-2/h3-6,8,10H,7,13H2,1-2H3. The van der Waals surface area contributed by atoms with Crippen molar-refractivity contribution in [1.82, 2.24) is 14.5 Å². The number of ether oxygens (including phenoxy) is 1. The number of aryl methyl sites for hydroxylation is 1. The van der Waals surface area contributed by atoms with Gasteiger partial charge >= 0.3 is 0 Å². The average molecular weight is 232 g/mol. The highest BCUT2D eigenvalue weighted by molar-refractivity contribution is 5.33. The van der Waals surface area contributed by atoms with Gasteiger partial charge in [-0.05, 0) is 6.07 Å². The Balaban J connectivity index is 2.20. The molecule has 2 heterocycles. The van der Waals surface area contributed by atoms with Gasteiger partial charge in [0.15, 0.2) is 0 Å². The summed E-state index contributed by atoms with van der Waals surface area (Å²) < 4.78 is 7.21. The quantitative estimate of drug-likeness (QED) is 0.856. The Morgan fingerprint density at radius 2 is 2.29 bits per heavy atom. The lowest BCUT2D eigenvalue weighted by atomic mass is 10.0. The van der Waals surface area contributed by atoms with Gasteiger partial charge in [-0.2, -0.15) is 0 Å². The van der Waals surface area contributed by atoms with Crippen molar-refractivity contribution < 1.29 is 4.74 Å². The van der Waals surface area contributed by atoms with Gasteiger partial charge in [0.1, 0.15) is 11.6 Å². The molecule has 0 bridgehead atoms. The molecule has 5 nitrogen and oxygen atoms in total. The Labute approximate surface area is 100 Å². The predicted octanol–water partition coefficient (Wildman–Crippen LogP) is 1.07. The minimum absolute atomic E-state index is 0.144. The second-order valence-corrected chi connectivity index (χ2v) is 3.88. The maximum Gasteiger partial charge on any atom is 0.141 e. The van der Waals surface area contributed by atoms with E-state index in [2.05, 4.69) is 9.97 Å².